The number of hydrogen-bond acceptors (Lipinski definition) is 3. The van der Waals surface area contributed by atoms with Crippen molar-refractivity contribution >= 4 is 21.6 Å². The van der Waals surface area contributed by atoms with Gasteiger partial charge in [0.2, 0.25) is 15.9 Å². The molecule has 0 bridgehead atoms. The third-order valence-corrected chi connectivity index (χ3v) is 5.13. The van der Waals surface area contributed by atoms with Crippen LogP contribution in [0.3, 0.4) is 0 Å². The predicted molar refractivity (Wildman–Crippen MR) is 90.7 cm³/mol. The minimum absolute atomic E-state index is 0.122. The van der Waals surface area contributed by atoms with Crippen molar-refractivity contribution in [2.45, 2.75) is 46.0 Å². The topological polar surface area (TPSA) is 66.5 Å². The second-order valence-electron chi connectivity index (χ2n) is 6.32. The van der Waals surface area contributed by atoms with Crippen LogP contribution in [0.15, 0.2) is 24.3 Å². The number of nitrogens with one attached hydrogen (secondary N) is 1. The summed E-state index contributed by atoms with van der Waals surface area (Å²) < 4.78 is 63.6. The number of carbonyl (C=O) groups is 1. The maximum atomic E-state index is 12.9. The Bertz CT molecular complexity index is 718. The van der Waals surface area contributed by atoms with Crippen molar-refractivity contribution in [3.05, 3.63) is 29.8 Å². The van der Waals surface area contributed by atoms with E-state index in [1.807, 2.05) is 13.8 Å². The Hall–Kier alpha value is -1.77. The molecule has 0 saturated heterocycles. The quantitative estimate of drug-likeness (QED) is 0.825. The van der Waals surface area contributed by atoms with Crippen LogP contribution in [0.5, 0.6) is 0 Å². The van der Waals surface area contributed by atoms with E-state index in [2.05, 4.69) is 5.32 Å². The number of hydrogen-bond donors (Lipinski definition) is 1. The van der Waals surface area contributed by atoms with Crippen molar-refractivity contribution in [1.29, 1.82) is 0 Å². The van der Waals surface area contributed by atoms with Crippen LogP contribution in [0, 0.1) is 5.92 Å². The number of carbonyl (C=O) groups excluding carboxylic acids is 1. The highest BCUT2D eigenvalue weighted by Gasteiger charge is 2.34. The first-order valence-electron chi connectivity index (χ1n) is 7.72. The average Bonchev–Trinajstić information content (AvgIpc) is 2.45. The molecule has 0 aliphatic carbocycles. The van der Waals surface area contributed by atoms with Crippen LogP contribution in [0.1, 0.15) is 33.3 Å². The fourth-order valence-corrected chi connectivity index (χ4v) is 3.31. The molecule has 0 saturated carbocycles. The molecule has 0 aliphatic heterocycles. The van der Waals surface area contributed by atoms with E-state index in [-0.39, 0.29) is 17.6 Å². The van der Waals surface area contributed by atoms with Gasteiger partial charge in [0, 0.05) is 6.04 Å². The average molecular weight is 380 g/mol. The summed E-state index contributed by atoms with van der Waals surface area (Å²) in [5.74, 6) is -0.458. The van der Waals surface area contributed by atoms with Crippen LogP contribution in [-0.4, -0.2) is 32.7 Å². The molecule has 1 aromatic rings. The molecule has 1 N–H and O–H groups in total. The zero-order valence-corrected chi connectivity index (χ0v) is 15.6. The van der Waals surface area contributed by atoms with E-state index in [4.69, 9.17) is 0 Å². The first-order chi connectivity index (χ1) is 11.2. The number of anilines is 1. The number of benzene rings is 1. The van der Waals surface area contributed by atoms with Gasteiger partial charge in [0.25, 0.3) is 0 Å². The van der Waals surface area contributed by atoms with Gasteiger partial charge in [-0.3, -0.25) is 9.10 Å². The lowest BCUT2D eigenvalue weighted by Gasteiger charge is -2.30. The number of halogens is 3. The SMILES string of the molecule is CC(C)[C@@H](C)NC(=O)[C@@H](C)N(c1cccc(C(F)(F)F)c1)S(C)(=O)=O. The molecule has 0 unspecified atom stereocenters. The molecule has 1 aromatic carbocycles. The second kappa shape index (κ2) is 7.63. The third-order valence-electron chi connectivity index (χ3n) is 3.89. The van der Waals surface area contributed by atoms with Gasteiger partial charge in [-0.15, -0.1) is 0 Å². The molecule has 5 nitrogen and oxygen atoms in total. The Morgan fingerprint density at radius 2 is 1.72 bits per heavy atom. The van der Waals surface area contributed by atoms with E-state index < -0.39 is 33.7 Å². The number of alkyl halides is 3. The molecule has 1 rings (SSSR count). The van der Waals surface area contributed by atoms with Gasteiger partial charge in [0.15, 0.2) is 0 Å². The highest BCUT2D eigenvalue weighted by atomic mass is 32.2. The molecule has 2 atom stereocenters. The molecule has 9 heteroatoms. The highest BCUT2D eigenvalue weighted by molar-refractivity contribution is 7.92. The minimum atomic E-state index is -4.61. The van der Waals surface area contributed by atoms with Crippen molar-refractivity contribution in [2.75, 3.05) is 10.6 Å². The van der Waals surface area contributed by atoms with Gasteiger partial charge in [-0.05, 0) is 38.0 Å². The van der Waals surface area contributed by atoms with Crippen LogP contribution in [0.2, 0.25) is 0 Å². The van der Waals surface area contributed by atoms with Crippen LogP contribution in [-0.2, 0) is 21.0 Å². The third kappa shape index (κ3) is 5.62. The number of sulfonamides is 1. The molecule has 0 spiro atoms. The standard InChI is InChI=1S/C16H23F3N2O3S/c1-10(2)11(3)20-15(22)12(4)21(25(5,23)24)14-8-6-7-13(9-14)16(17,18)19/h6-12H,1-5H3,(H,20,22)/t11-,12-/m1/s1. The lowest BCUT2D eigenvalue weighted by atomic mass is 10.1. The Kier molecular flexibility index (Phi) is 6.50. The zero-order valence-electron chi connectivity index (χ0n) is 14.8. The fourth-order valence-electron chi connectivity index (χ4n) is 2.14. The Morgan fingerprint density at radius 1 is 1.16 bits per heavy atom. The van der Waals surface area contributed by atoms with Crippen molar-refractivity contribution in [3.8, 4) is 0 Å². The number of rotatable bonds is 6. The molecule has 0 aromatic heterocycles. The zero-order chi connectivity index (χ0) is 19.6. The van der Waals surface area contributed by atoms with E-state index >= 15 is 0 Å². The lowest BCUT2D eigenvalue weighted by Crippen LogP contribution is -2.50. The summed E-state index contributed by atoms with van der Waals surface area (Å²) in [7, 11) is -3.98. The smallest absolute Gasteiger partial charge is 0.352 e. The lowest BCUT2D eigenvalue weighted by molar-refractivity contribution is -0.137. The number of nitrogens with zero attached hydrogens (tertiary/aromatic N) is 1. The summed E-state index contributed by atoms with van der Waals surface area (Å²) in [6.45, 7) is 6.88. The predicted octanol–water partition coefficient (Wildman–Crippen LogP) is 3.02. The Morgan fingerprint density at radius 3 is 2.16 bits per heavy atom. The first kappa shape index (κ1) is 21.3. The van der Waals surface area contributed by atoms with E-state index in [0.717, 1.165) is 24.5 Å². The van der Waals surface area contributed by atoms with Gasteiger partial charge in [0.05, 0.1) is 17.5 Å². The molecule has 0 fully saturated rings. The van der Waals surface area contributed by atoms with E-state index in [1.54, 1.807) is 6.92 Å². The Balaban J connectivity index is 3.26. The maximum Gasteiger partial charge on any atom is 0.416 e. The van der Waals surface area contributed by atoms with Crippen molar-refractivity contribution in [2.24, 2.45) is 5.92 Å². The highest BCUT2D eigenvalue weighted by Crippen LogP contribution is 2.32. The van der Waals surface area contributed by atoms with E-state index in [0.29, 0.717) is 4.31 Å². The normalized spacial score (nSPS) is 14.9. The first-order valence-corrected chi connectivity index (χ1v) is 9.57. The van der Waals surface area contributed by atoms with Gasteiger partial charge in [0.1, 0.15) is 6.04 Å². The van der Waals surface area contributed by atoms with Gasteiger partial charge < -0.3 is 5.32 Å². The molecule has 0 heterocycles. The molecule has 25 heavy (non-hydrogen) atoms. The summed E-state index contributed by atoms with van der Waals surface area (Å²) in [6.07, 6.45) is -3.76. The summed E-state index contributed by atoms with van der Waals surface area (Å²) in [5, 5.41) is 2.68. The monoisotopic (exact) mass is 380 g/mol. The summed E-state index contributed by atoms with van der Waals surface area (Å²) in [6, 6.07) is 2.49. The van der Waals surface area contributed by atoms with E-state index in [9.17, 15) is 26.4 Å². The summed E-state index contributed by atoms with van der Waals surface area (Å²) in [5.41, 5.74) is -1.20. The minimum Gasteiger partial charge on any atom is -0.352 e. The van der Waals surface area contributed by atoms with Crippen LogP contribution in [0.25, 0.3) is 0 Å². The van der Waals surface area contributed by atoms with Gasteiger partial charge in [-0.2, -0.15) is 13.2 Å². The van der Waals surface area contributed by atoms with Crippen LogP contribution < -0.4 is 9.62 Å². The molecular formula is C16H23F3N2O3S. The maximum absolute atomic E-state index is 12.9. The van der Waals surface area contributed by atoms with Crippen LogP contribution >= 0.6 is 0 Å². The molecule has 0 aliphatic rings. The number of amides is 1. The van der Waals surface area contributed by atoms with Gasteiger partial charge in [-0.25, -0.2) is 8.42 Å². The Labute approximate surface area is 146 Å². The van der Waals surface area contributed by atoms with E-state index in [1.165, 1.54) is 13.0 Å². The van der Waals surface area contributed by atoms with Crippen molar-refractivity contribution in [1.82, 2.24) is 5.32 Å². The van der Waals surface area contributed by atoms with Crippen LogP contribution in [0.4, 0.5) is 18.9 Å². The molecule has 0 radical (unpaired) electrons. The van der Waals surface area contributed by atoms with Crippen molar-refractivity contribution < 1.29 is 26.4 Å². The van der Waals surface area contributed by atoms with Gasteiger partial charge >= 0.3 is 6.18 Å². The largest absolute Gasteiger partial charge is 0.416 e. The summed E-state index contributed by atoms with van der Waals surface area (Å²) >= 11 is 0. The summed E-state index contributed by atoms with van der Waals surface area (Å²) in [4.78, 5) is 12.4. The second-order valence-corrected chi connectivity index (χ2v) is 8.18. The molecule has 1 amide bonds. The molecular weight excluding hydrogens is 357 g/mol. The molecule has 142 valence electrons. The fraction of sp³-hybridized carbons (Fsp3) is 0.562. The van der Waals surface area contributed by atoms with Crippen molar-refractivity contribution in [3.63, 3.8) is 0 Å². The van der Waals surface area contributed by atoms with Gasteiger partial charge in [-0.1, -0.05) is 19.9 Å².